The van der Waals surface area contributed by atoms with Gasteiger partial charge in [-0.05, 0) is 48.7 Å². The summed E-state index contributed by atoms with van der Waals surface area (Å²) >= 11 is 3.49. The van der Waals surface area contributed by atoms with Crippen molar-refractivity contribution in [2.24, 2.45) is 0 Å². The van der Waals surface area contributed by atoms with Gasteiger partial charge in [-0.1, -0.05) is 22.9 Å². The number of aryl methyl sites for hydroxylation is 2. The monoisotopic (exact) mass is 305 g/mol. The molecule has 0 spiro atoms. The Bertz CT molecular complexity index is 567. The molecule has 0 aliphatic heterocycles. The average Bonchev–Trinajstić information content (AvgIpc) is 2.34. The second-order valence-corrected chi connectivity index (χ2v) is 5.13. The van der Waals surface area contributed by atoms with E-state index < -0.39 is 0 Å². The Morgan fingerprint density at radius 1 is 1.33 bits per heavy atom. The molecule has 0 atom stereocenters. The van der Waals surface area contributed by atoms with Gasteiger partial charge >= 0.3 is 0 Å². The highest BCUT2D eigenvalue weighted by Gasteiger charge is 2.05. The van der Waals surface area contributed by atoms with Crippen LogP contribution in [-0.2, 0) is 6.42 Å². The number of nitrogens with one attached hydrogen (secondary N) is 1. The predicted octanol–water partition coefficient (Wildman–Crippen LogP) is 4.04. The van der Waals surface area contributed by atoms with Gasteiger partial charge in [0.1, 0.15) is 5.82 Å². The lowest BCUT2D eigenvalue weighted by molar-refractivity contribution is 1.13. The third-order valence-electron chi connectivity index (χ3n) is 2.80. The van der Waals surface area contributed by atoms with Crippen LogP contribution in [0.1, 0.15) is 18.1 Å². The summed E-state index contributed by atoms with van der Waals surface area (Å²) < 4.78 is 1.09. The van der Waals surface area contributed by atoms with Crippen LogP contribution in [0.4, 0.5) is 17.2 Å². The molecule has 94 valence electrons. The molecule has 0 radical (unpaired) electrons. The van der Waals surface area contributed by atoms with E-state index in [4.69, 9.17) is 5.73 Å². The van der Waals surface area contributed by atoms with Gasteiger partial charge in [-0.3, -0.25) is 0 Å². The number of hydrogen-bond donors (Lipinski definition) is 2. The summed E-state index contributed by atoms with van der Waals surface area (Å²) in [5.74, 6) is 0.848. The molecule has 2 aromatic rings. The summed E-state index contributed by atoms with van der Waals surface area (Å²) in [6.07, 6.45) is 2.63. The second kappa shape index (κ2) is 5.40. The number of anilines is 3. The van der Waals surface area contributed by atoms with Crippen molar-refractivity contribution in [3.63, 3.8) is 0 Å². The van der Waals surface area contributed by atoms with Crippen molar-refractivity contribution in [2.75, 3.05) is 11.1 Å². The lowest BCUT2D eigenvalue weighted by Gasteiger charge is -2.13. The Balaban J connectivity index is 2.33. The number of aromatic nitrogens is 1. The Morgan fingerprint density at radius 2 is 2.11 bits per heavy atom. The van der Waals surface area contributed by atoms with Crippen LogP contribution in [0.2, 0.25) is 0 Å². The number of hydrogen-bond acceptors (Lipinski definition) is 3. The van der Waals surface area contributed by atoms with E-state index in [-0.39, 0.29) is 0 Å². The van der Waals surface area contributed by atoms with Gasteiger partial charge in [-0.2, -0.15) is 0 Å². The third kappa shape index (κ3) is 2.82. The number of benzene rings is 1. The molecule has 0 aliphatic rings. The molecule has 0 aliphatic carbocycles. The van der Waals surface area contributed by atoms with Gasteiger partial charge in [-0.25, -0.2) is 4.98 Å². The van der Waals surface area contributed by atoms with Crippen LogP contribution in [0.25, 0.3) is 0 Å². The number of pyridine rings is 1. The van der Waals surface area contributed by atoms with Crippen molar-refractivity contribution in [3.05, 3.63) is 46.1 Å². The number of rotatable bonds is 3. The van der Waals surface area contributed by atoms with Crippen molar-refractivity contribution in [1.29, 1.82) is 0 Å². The smallest absolute Gasteiger partial charge is 0.133 e. The molecule has 0 bridgehead atoms. The Kier molecular flexibility index (Phi) is 3.87. The van der Waals surface area contributed by atoms with Crippen molar-refractivity contribution in [3.8, 4) is 0 Å². The summed E-state index contributed by atoms with van der Waals surface area (Å²) in [6.45, 7) is 4.13. The first kappa shape index (κ1) is 12.9. The second-order valence-electron chi connectivity index (χ2n) is 4.21. The van der Waals surface area contributed by atoms with Gasteiger partial charge in [0, 0.05) is 10.2 Å². The summed E-state index contributed by atoms with van der Waals surface area (Å²) in [6, 6.07) is 8.11. The van der Waals surface area contributed by atoms with E-state index in [0.717, 1.165) is 28.0 Å². The van der Waals surface area contributed by atoms with E-state index in [1.54, 1.807) is 6.20 Å². The zero-order chi connectivity index (χ0) is 13.1. The standard InChI is InChI=1S/C14H16BrN3/c1-3-10-7-11(15)4-5-13(10)18-14-9(2)6-12(16)8-17-14/h4-8H,3,16H2,1-2H3,(H,17,18). The molecule has 0 unspecified atom stereocenters. The normalized spacial score (nSPS) is 10.4. The molecule has 0 saturated heterocycles. The van der Waals surface area contributed by atoms with Gasteiger partial charge < -0.3 is 11.1 Å². The maximum Gasteiger partial charge on any atom is 0.133 e. The van der Waals surface area contributed by atoms with Crippen molar-refractivity contribution in [1.82, 2.24) is 4.98 Å². The third-order valence-corrected chi connectivity index (χ3v) is 3.29. The lowest BCUT2D eigenvalue weighted by atomic mass is 10.1. The topological polar surface area (TPSA) is 50.9 Å². The maximum atomic E-state index is 5.70. The van der Waals surface area contributed by atoms with Crippen LogP contribution in [0.5, 0.6) is 0 Å². The summed E-state index contributed by atoms with van der Waals surface area (Å²) in [5, 5.41) is 3.36. The fraction of sp³-hybridized carbons (Fsp3) is 0.214. The molecule has 0 amide bonds. The highest BCUT2D eigenvalue weighted by Crippen LogP contribution is 2.26. The Labute approximate surface area is 116 Å². The van der Waals surface area contributed by atoms with E-state index >= 15 is 0 Å². The zero-order valence-corrected chi connectivity index (χ0v) is 12.1. The van der Waals surface area contributed by atoms with Crippen molar-refractivity contribution >= 4 is 33.1 Å². The van der Waals surface area contributed by atoms with Crippen LogP contribution in [0, 0.1) is 6.92 Å². The van der Waals surface area contributed by atoms with E-state index in [2.05, 4.69) is 45.3 Å². The summed E-state index contributed by atoms with van der Waals surface area (Å²) in [5.41, 5.74) is 9.76. The zero-order valence-electron chi connectivity index (χ0n) is 10.5. The molecule has 3 N–H and O–H groups in total. The van der Waals surface area contributed by atoms with Crippen molar-refractivity contribution in [2.45, 2.75) is 20.3 Å². The fourth-order valence-corrected chi connectivity index (χ4v) is 2.24. The highest BCUT2D eigenvalue weighted by molar-refractivity contribution is 9.10. The molecule has 18 heavy (non-hydrogen) atoms. The molecular formula is C14H16BrN3. The van der Waals surface area contributed by atoms with Crippen LogP contribution in [-0.4, -0.2) is 4.98 Å². The minimum absolute atomic E-state index is 0.685. The summed E-state index contributed by atoms with van der Waals surface area (Å²) in [7, 11) is 0. The molecule has 1 aromatic heterocycles. The minimum Gasteiger partial charge on any atom is -0.397 e. The molecule has 4 heteroatoms. The summed E-state index contributed by atoms with van der Waals surface area (Å²) in [4.78, 5) is 4.32. The molecule has 1 aromatic carbocycles. The number of nitrogens with two attached hydrogens (primary N) is 1. The average molecular weight is 306 g/mol. The van der Waals surface area contributed by atoms with Gasteiger partial charge in [0.25, 0.3) is 0 Å². The van der Waals surface area contributed by atoms with Gasteiger partial charge in [-0.15, -0.1) is 0 Å². The van der Waals surface area contributed by atoms with Crippen LogP contribution < -0.4 is 11.1 Å². The van der Waals surface area contributed by atoms with E-state index in [1.807, 2.05) is 19.1 Å². The maximum absolute atomic E-state index is 5.70. The van der Waals surface area contributed by atoms with E-state index in [1.165, 1.54) is 5.56 Å². The molecular weight excluding hydrogens is 290 g/mol. The quantitative estimate of drug-likeness (QED) is 0.899. The molecule has 3 nitrogen and oxygen atoms in total. The first-order valence-corrected chi connectivity index (χ1v) is 6.67. The highest BCUT2D eigenvalue weighted by atomic mass is 79.9. The predicted molar refractivity (Wildman–Crippen MR) is 80.2 cm³/mol. The largest absolute Gasteiger partial charge is 0.397 e. The van der Waals surface area contributed by atoms with Gasteiger partial charge in [0.2, 0.25) is 0 Å². The number of nitrogen functional groups attached to an aromatic ring is 1. The Hall–Kier alpha value is -1.55. The van der Waals surface area contributed by atoms with Gasteiger partial charge in [0.05, 0.1) is 11.9 Å². The minimum atomic E-state index is 0.685. The SMILES string of the molecule is CCc1cc(Br)ccc1Nc1ncc(N)cc1C. The fourth-order valence-electron chi connectivity index (χ4n) is 1.83. The Morgan fingerprint density at radius 3 is 2.78 bits per heavy atom. The number of halogens is 1. The van der Waals surface area contributed by atoms with Crippen LogP contribution >= 0.6 is 15.9 Å². The van der Waals surface area contributed by atoms with Gasteiger partial charge in [0.15, 0.2) is 0 Å². The molecule has 0 saturated carbocycles. The van der Waals surface area contributed by atoms with E-state index in [0.29, 0.717) is 5.69 Å². The van der Waals surface area contributed by atoms with Crippen LogP contribution in [0.15, 0.2) is 34.9 Å². The molecule has 1 heterocycles. The van der Waals surface area contributed by atoms with Crippen LogP contribution in [0.3, 0.4) is 0 Å². The number of nitrogens with zero attached hydrogens (tertiary/aromatic N) is 1. The lowest BCUT2D eigenvalue weighted by Crippen LogP contribution is -2.00. The first-order chi connectivity index (χ1) is 8.60. The van der Waals surface area contributed by atoms with E-state index in [9.17, 15) is 0 Å². The first-order valence-electron chi connectivity index (χ1n) is 5.87. The molecule has 0 fully saturated rings. The molecule has 2 rings (SSSR count). The van der Waals surface area contributed by atoms with Crippen molar-refractivity contribution < 1.29 is 0 Å².